The van der Waals surface area contributed by atoms with Crippen LogP contribution in [0.1, 0.15) is 22.3 Å². The highest BCUT2D eigenvalue weighted by atomic mass is 16.3. The predicted octanol–water partition coefficient (Wildman–Crippen LogP) is 2.57. The molecular weight excluding hydrogens is 316 g/mol. The van der Waals surface area contributed by atoms with Crippen LogP contribution in [0.5, 0.6) is 0 Å². The van der Waals surface area contributed by atoms with Crippen LogP contribution in [0.4, 0.5) is 5.69 Å². The van der Waals surface area contributed by atoms with Crippen molar-refractivity contribution >= 4 is 17.5 Å². The molecule has 0 radical (unpaired) electrons. The van der Waals surface area contributed by atoms with Crippen LogP contribution in [0.25, 0.3) is 0 Å². The third-order valence-corrected chi connectivity index (χ3v) is 3.98. The first-order valence-electron chi connectivity index (χ1n) is 8.25. The largest absolute Gasteiger partial charge is 0.395 e. The number of hydrogen-bond acceptors (Lipinski definition) is 3. The molecule has 0 atom stereocenters. The van der Waals surface area contributed by atoms with Crippen molar-refractivity contribution in [1.82, 2.24) is 4.90 Å². The van der Waals surface area contributed by atoms with Gasteiger partial charge >= 0.3 is 11.8 Å². The summed E-state index contributed by atoms with van der Waals surface area (Å²) in [7, 11) is 0. The van der Waals surface area contributed by atoms with Crippen molar-refractivity contribution in [2.75, 3.05) is 18.5 Å². The van der Waals surface area contributed by atoms with Gasteiger partial charge in [0.1, 0.15) is 0 Å². The summed E-state index contributed by atoms with van der Waals surface area (Å²) in [6.07, 6.45) is 0. The number of carbonyl (C=O) groups excluding carboxylic acids is 2. The molecule has 2 aromatic carbocycles. The van der Waals surface area contributed by atoms with Gasteiger partial charge in [0, 0.05) is 18.8 Å². The number of nitrogens with zero attached hydrogens (tertiary/aromatic N) is 1. The Kier molecular flexibility index (Phi) is 6.31. The molecule has 132 valence electrons. The van der Waals surface area contributed by atoms with E-state index in [2.05, 4.69) is 5.32 Å². The summed E-state index contributed by atoms with van der Waals surface area (Å²) < 4.78 is 0. The van der Waals surface area contributed by atoms with E-state index in [4.69, 9.17) is 0 Å². The lowest BCUT2D eigenvalue weighted by atomic mass is 10.1. The summed E-state index contributed by atoms with van der Waals surface area (Å²) in [5.41, 5.74) is 4.49. The van der Waals surface area contributed by atoms with Crippen molar-refractivity contribution in [2.24, 2.45) is 0 Å². The zero-order valence-corrected chi connectivity index (χ0v) is 14.9. The second-order valence-electron chi connectivity index (χ2n) is 6.16. The number of aryl methyl sites for hydroxylation is 3. The van der Waals surface area contributed by atoms with Crippen LogP contribution < -0.4 is 5.32 Å². The number of rotatable bonds is 5. The van der Waals surface area contributed by atoms with Gasteiger partial charge in [0.15, 0.2) is 0 Å². The molecule has 0 aliphatic heterocycles. The average molecular weight is 340 g/mol. The number of hydrogen-bond donors (Lipinski definition) is 2. The highest BCUT2D eigenvalue weighted by Gasteiger charge is 2.23. The van der Waals surface area contributed by atoms with Crippen molar-refractivity contribution in [3.05, 3.63) is 64.7 Å². The Morgan fingerprint density at radius 1 is 1.04 bits per heavy atom. The van der Waals surface area contributed by atoms with Crippen LogP contribution in [0.2, 0.25) is 0 Å². The van der Waals surface area contributed by atoms with Gasteiger partial charge in [0.25, 0.3) is 0 Å². The number of nitrogens with one attached hydrogen (secondary N) is 1. The number of anilines is 1. The van der Waals surface area contributed by atoms with E-state index in [1.807, 2.05) is 63.2 Å². The number of amides is 2. The van der Waals surface area contributed by atoms with E-state index in [0.717, 1.165) is 22.3 Å². The van der Waals surface area contributed by atoms with E-state index in [-0.39, 0.29) is 19.7 Å². The predicted molar refractivity (Wildman–Crippen MR) is 98.2 cm³/mol. The van der Waals surface area contributed by atoms with Gasteiger partial charge < -0.3 is 15.3 Å². The minimum Gasteiger partial charge on any atom is -0.395 e. The maximum absolute atomic E-state index is 12.5. The third-order valence-electron chi connectivity index (χ3n) is 3.98. The number of carbonyl (C=O) groups is 2. The standard InChI is InChI=1S/C20H24N2O3/c1-14-11-15(2)18(16(3)12-14)21-19(24)20(25)22(9-10-23)13-17-7-5-4-6-8-17/h4-8,11-12,23H,9-10,13H2,1-3H3,(H,21,24). The Hall–Kier alpha value is -2.66. The second kappa shape index (κ2) is 8.44. The van der Waals surface area contributed by atoms with E-state index in [0.29, 0.717) is 5.69 Å². The molecule has 0 aliphatic carbocycles. The molecule has 0 saturated heterocycles. The monoisotopic (exact) mass is 340 g/mol. The van der Waals surface area contributed by atoms with Crippen molar-refractivity contribution in [2.45, 2.75) is 27.3 Å². The quantitative estimate of drug-likeness (QED) is 0.822. The molecule has 0 aliphatic rings. The normalized spacial score (nSPS) is 10.4. The maximum Gasteiger partial charge on any atom is 0.313 e. The fraction of sp³-hybridized carbons (Fsp3) is 0.300. The minimum absolute atomic E-state index is 0.104. The van der Waals surface area contributed by atoms with E-state index < -0.39 is 11.8 Å². The highest BCUT2D eigenvalue weighted by molar-refractivity contribution is 6.39. The van der Waals surface area contributed by atoms with Crippen molar-refractivity contribution in [3.8, 4) is 0 Å². The molecule has 2 aromatic rings. The molecule has 2 N–H and O–H groups in total. The molecule has 0 aromatic heterocycles. The molecule has 0 saturated carbocycles. The second-order valence-corrected chi connectivity index (χ2v) is 6.16. The fourth-order valence-corrected chi connectivity index (χ4v) is 2.86. The Morgan fingerprint density at radius 3 is 2.20 bits per heavy atom. The summed E-state index contributed by atoms with van der Waals surface area (Å²) in [6, 6.07) is 13.3. The molecule has 0 fully saturated rings. The molecule has 25 heavy (non-hydrogen) atoms. The van der Waals surface area contributed by atoms with Gasteiger partial charge in [0.2, 0.25) is 0 Å². The van der Waals surface area contributed by atoms with Crippen molar-refractivity contribution < 1.29 is 14.7 Å². The zero-order valence-electron chi connectivity index (χ0n) is 14.9. The SMILES string of the molecule is Cc1cc(C)c(NC(=O)C(=O)N(CCO)Cc2ccccc2)c(C)c1. The van der Waals surface area contributed by atoms with Gasteiger partial charge in [-0.2, -0.15) is 0 Å². The molecule has 0 heterocycles. The van der Waals surface area contributed by atoms with E-state index in [9.17, 15) is 14.7 Å². The molecule has 5 nitrogen and oxygen atoms in total. The van der Waals surface area contributed by atoms with Gasteiger partial charge in [-0.05, 0) is 37.5 Å². The molecule has 5 heteroatoms. The van der Waals surface area contributed by atoms with Crippen molar-refractivity contribution in [1.29, 1.82) is 0 Å². The lowest BCUT2D eigenvalue weighted by molar-refractivity contribution is -0.143. The van der Waals surface area contributed by atoms with E-state index in [1.165, 1.54) is 4.90 Å². The lowest BCUT2D eigenvalue weighted by Crippen LogP contribution is -2.41. The maximum atomic E-state index is 12.5. The first kappa shape index (κ1) is 18.7. The first-order chi connectivity index (χ1) is 11.9. The Morgan fingerprint density at radius 2 is 1.64 bits per heavy atom. The summed E-state index contributed by atoms with van der Waals surface area (Å²) in [4.78, 5) is 26.3. The summed E-state index contributed by atoms with van der Waals surface area (Å²) in [6.45, 7) is 5.96. The van der Waals surface area contributed by atoms with E-state index >= 15 is 0 Å². The molecule has 0 bridgehead atoms. The fourth-order valence-electron chi connectivity index (χ4n) is 2.86. The first-order valence-corrected chi connectivity index (χ1v) is 8.25. The van der Waals surface area contributed by atoms with Gasteiger partial charge in [-0.25, -0.2) is 0 Å². The summed E-state index contributed by atoms with van der Waals surface area (Å²) in [5, 5.41) is 11.9. The topological polar surface area (TPSA) is 69.6 Å². The van der Waals surface area contributed by atoms with Crippen LogP contribution in [0.15, 0.2) is 42.5 Å². The molecule has 0 spiro atoms. The Labute approximate surface area is 148 Å². The zero-order chi connectivity index (χ0) is 18.4. The van der Waals surface area contributed by atoms with Crippen LogP contribution in [-0.2, 0) is 16.1 Å². The lowest BCUT2D eigenvalue weighted by Gasteiger charge is -2.22. The minimum atomic E-state index is -0.695. The molecule has 2 rings (SSSR count). The number of benzene rings is 2. The van der Waals surface area contributed by atoms with Gasteiger partial charge in [0.05, 0.1) is 6.61 Å². The number of aliphatic hydroxyl groups excluding tert-OH is 1. The molecule has 2 amide bonds. The van der Waals surface area contributed by atoms with Crippen molar-refractivity contribution in [3.63, 3.8) is 0 Å². The van der Waals surface area contributed by atoms with E-state index in [1.54, 1.807) is 0 Å². The third kappa shape index (κ3) is 4.90. The van der Waals surface area contributed by atoms with Gasteiger partial charge in [-0.1, -0.05) is 48.0 Å². The number of aliphatic hydroxyl groups is 1. The Balaban J connectivity index is 2.14. The van der Waals surface area contributed by atoms with Gasteiger partial charge in [-0.3, -0.25) is 9.59 Å². The van der Waals surface area contributed by atoms with Gasteiger partial charge in [-0.15, -0.1) is 0 Å². The molecular formula is C20H24N2O3. The van der Waals surface area contributed by atoms with Crippen LogP contribution in [-0.4, -0.2) is 35.0 Å². The summed E-state index contributed by atoms with van der Waals surface area (Å²) >= 11 is 0. The summed E-state index contributed by atoms with van der Waals surface area (Å²) in [5.74, 6) is -1.35. The average Bonchev–Trinajstić information content (AvgIpc) is 2.57. The van der Waals surface area contributed by atoms with Crippen LogP contribution >= 0.6 is 0 Å². The smallest absolute Gasteiger partial charge is 0.313 e. The highest BCUT2D eigenvalue weighted by Crippen LogP contribution is 2.22. The molecule has 0 unspecified atom stereocenters. The Bertz CT molecular complexity index is 734. The van der Waals surface area contributed by atoms with Crippen LogP contribution in [0.3, 0.4) is 0 Å². The van der Waals surface area contributed by atoms with Crippen LogP contribution in [0, 0.1) is 20.8 Å².